The Balaban J connectivity index is 3.47. The second kappa shape index (κ2) is 13.2. The van der Waals surface area contributed by atoms with Crippen LogP contribution in [0.1, 0.15) is 57.8 Å². The summed E-state index contributed by atoms with van der Waals surface area (Å²) >= 11 is 4.48. The Kier molecular flexibility index (Phi) is 13.5. The topological polar surface area (TPSA) is 55.4 Å². The molecule has 0 aromatic rings. The summed E-state index contributed by atoms with van der Waals surface area (Å²) in [5, 5.41) is 3.57. The smallest absolute Gasteiger partial charge is 0.309 e. The van der Waals surface area contributed by atoms with Gasteiger partial charge in [-0.05, 0) is 19.1 Å². The number of carbonyl (C=O) groups excluding carboxylic acids is 1. The van der Waals surface area contributed by atoms with Crippen LogP contribution in [-0.2, 0) is 13.9 Å². The van der Waals surface area contributed by atoms with Crippen molar-refractivity contribution in [2.45, 2.75) is 57.8 Å². The first-order chi connectivity index (χ1) is 9.58. The summed E-state index contributed by atoms with van der Waals surface area (Å²) in [5.41, 5.74) is 0. The first-order valence-corrected chi connectivity index (χ1v) is 11.7. The van der Waals surface area contributed by atoms with E-state index >= 15 is 0 Å². The molecule has 0 spiro atoms. The third kappa shape index (κ3) is 11.2. The van der Waals surface area contributed by atoms with Crippen molar-refractivity contribution >= 4 is 39.9 Å². The van der Waals surface area contributed by atoms with E-state index in [2.05, 4.69) is 21.0 Å². The molecule has 1 unspecified atom stereocenters. The van der Waals surface area contributed by atoms with Gasteiger partial charge in [-0.25, -0.2) is 0 Å². The lowest BCUT2D eigenvalue weighted by Gasteiger charge is -2.14. The average Bonchev–Trinajstić information content (AvgIpc) is 2.45. The Morgan fingerprint density at radius 1 is 1.10 bits per heavy atom. The fourth-order valence-corrected chi connectivity index (χ4v) is 3.99. The lowest BCUT2D eigenvalue weighted by atomic mass is 10.1. The first-order valence-electron chi connectivity index (χ1n) is 7.16. The SMILES string of the molecule is COP(=O)(NC(=O)CCCCCCCCCCBr)SC. The lowest BCUT2D eigenvalue weighted by molar-refractivity contribution is -0.119. The van der Waals surface area contributed by atoms with Gasteiger partial charge in [0.15, 0.2) is 0 Å². The number of halogens is 1. The minimum Gasteiger partial charge on any atom is -0.309 e. The summed E-state index contributed by atoms with van der Waals surface area (Å²) in [7, 11) is 1.35. The molecule has 0 fully saturated rings. The number of alkyl halides is 1. The van der Waals surface area contributed by atoms with Crippen molar-refractivity contribution in [2.75, 3.05) is 18.7 Å². The highest BCUT2D eigenvalue weighted by Crippen LogP contribution is 2.53. The van der Waals surface area contributed by atoms with Gasteiger partial charge in [0.05, 0.1) is 0 Å². The largest absolute Gasteiger partial charge is 0.352 e. The predicted molar refractivity (Wildman–Crippen MR) is 91.6 cm³/mol. The van der Waals surface area contributed by atoms with E-state index in [0.29, 0.717) is 6.42 Å². The van der Waals surface area contributed by atoms with Crippen molar-refractivity contribution in [3.8, 4) is 0 Å². The van der Waals surface area contributed by atoms with E-state index < -0.39 is 6.72 Å². The standard InChI is InChI=1S/C13H27BrNO3PS/c1-18-19(17,20-2)15-13(16)11-9-7-5-3-4-6-8-10-12-14/h3-12H2,1-2H3,(H,15,16,17). The number of amides is 1. The molecule has 0 saturated carbocycles. The van der Waals surface area contributed by atoms with Crippen LogP contribution >= 0.6 is 34.0 Å². The summed E-state index contributed by atoms with van der Waals surface area (Å²) in [4.78, 5) is 11.6. The molecule has 0 aliphatic rings. The lowest BCUT2D eigenvalue weighted by Crippen LogP contribution is -2.19. The Hall–Kier alpha value is 0.490. The molecule has 0 bridgehead atoms. The Bertz CT molecular complexity index is 297. The zero-order valence-electron chi connectivity index (χ0n) is 12.5. The van der Waals surface area contributed by atoms with Crippen LogP contribution in [0.25, 0.3) is 0 Å². The maximum Gasteiger partial charge on any atom is 0.352 e. The molecule has 1 atom stereocenters. The third-order valence-electron chi connectivity index (χ3n) is 3.03. The average molecular weight is 388 g/mol. The molecule has 1 amide bonds. The zero-order valence-corrected chi connectivity index (χ0v) is 15.8. The fourth-order valence-electron chi connectivity index (χ4n) is 1.82. The van der Waals surface area contributed by atoms with Crippen molar-refractivity contribution < 1.29 is 13.9 Å². The second-order valence-corrected chi connectivity index (χ2v) is 9.94. The molecule has 4 nitrogen and oxygen atoms in total. The van der Waals surface area contributed by atoms with Crippen LogP contribution in [0, 0.1) is 0 Å². The molecule has 1 N–H and O–H groups in total. The van der Waals surface area contributed by atoms with E-state index in [-0.39, 0.29) is 5.91 Å². The number of rotatable bonds is 13. The number of nitrogens with one attached hydrogen (secondary N) is 1. The highest BCUT2D eigenvalue weighted by Gasteiger charge is 2.22. The summed E-state index contributed by atoms with van der Waals surface area (Å²) in [6.07, 6.45) is 11.6. The van der Waals surface area contributed by atoms with Gasteiger partial charge in [0, 0.05) is 18.9 Å². The highest BCUT2D eigenvalue weighted by molar-refractivity contribution is 9.09. The second-order valence-electron chi connectivity index (χ2n) is 4.67. The van der Waals surface area contributed by atoms with Gasteiger partial charge in [-0.2, -0.15) is 0 Å². The van der Waals surface area contributed by atoms with Crippen LogP contribution in [0.3, 0.4) is 0 Å². The van der Waals surface area contributed by atoms with Crippen molar-refractivity contribution in [3.63, 3.8) is 0 Å². The minimum absolute atomic E-state index is 0.179. The van der Waals surface area contributed by atoms with Gasteiger partial charge in [-0.1, -0.05) is 65.8 Å². The number of hydrogen-bond acceptors (Lipinski definition) is 4. The number of unbranched alkanes of at least 4 members (excludes halogenated alkanes) is 7. The molecule has 0 saturated heterocycles. The van der Waals surface area contributed by atoms with Gasteiger partial charge in [0.25, 0.3) is 0 Å². The maximum atomic E-state index is 11.8. The van der Waals surface area contributed by atoms with Crippen LogP contribution in [0.15, 0.2) is 0 Å². The normalized spacial score (nSPS) is 13.9. The molecule has 0 radical (unpaired) electrons. The van der Waals surface area contributed by atoms with Crippen LogP contribution in [-0.4, -0.2) is 24.6 Å². The van der Waals surface area contributed by atoms with Gasteiger partial charge in [-0.15, -0.1) is 0 Å². The van der Waals surface area contributed by atoms with E-state index in [1.165, 1.54) is 45.6 Å². The molecular formula is C13H27BrNO3PS. The Morgan fingerprint density at radius 2 is 1.60 bits per heavy atom. The predicted octanol–water partition coefficient (Wildman–Crippen LogP) is 5.13. The van der Waals surface area contributed by atoms with Crippen molar-refractivity contribution in [1.29, 1.82) is 0 Å². The molecule has 0 aliphatic heterocycles. The van der Waals surface area contributed by atoms with E-state index in [9.17, 15) is 9.36 Å². The molecule has 0 aromatic heterocycles. The van der Waals surface area contributed by atoms with Gasteiger partial charge < -0.3 is 4.52 Å². The van der Waals surface area contributed by atoms with Gasteiger partial charge in [0.2, 0.25) is 5.91 Å². The van der Waals surface area contributed by atoms with Gasteiger partial charge in [0.1, 0.15) is 0 Å². The van der Waals surface area contributed by atoms with E-state index in [1.807, 2.05) is 0 Å². The first kappa shape index (κ1) is 20.5. The molecular weight excluding hydrogens is 361 g/mol. The summed E-state index contributed by atoms with van der Waals surface area (Å²) < 4.78 is 16.7. The van der Waals surface area contributed by atoms with Crippen molar-refractivity contribution in [1.82, 2.24) is 5.09 Å². The monoisotopic (exact) mass is 387 g/mol. The van der Waals surface area contributed by atoms with E-state index in [0.717, 1.165) is 29.6 Å². The fraction of sp³-hybridized carbons (Fsp3) is 0.923. The quantitative estimate of drug-likeness (QED) is 0.270. The summed E-state index contributed by atoms with van der Waals surface area (Å²) in [5.74, 6) is -0.179. The van der Waals surface area contributed by atoms with Crippen LogP contribution < -0.4 is 5.09 Å². The van der Waals surface area contributed by atoms with Gasteiger partial charge >= 0.3 is 6.72 Å². The van der Waals surface area contributed by atoms with Crippen LogP contribution in [0.4, 0.5) is 0 Å². The minimum atomic E-state index is -3.00. The zero-order chi connectivity index (χ0) is 15.3. The molecule has 7 heteroatoms. The Labute approximate surface area is 135 Å². The summed E-state index contributed by atoms with van der Waals surface area (Å²) in [6, 6.07) is 0. The molecule has 0 aliphatic carbocycles. The van der Waals surface area contributed by atoms with Crippen LogP contribution in [0.2, 0.25) is 0 Å². The van der Waals surface area contributed by atoms with Crippen molar-refractivity contribution in [2.24, 2.45) is 0 Å². The number of carbonyl (C=O) groups is 1. The molecule has 20 heavy (non-hydrogen) atoms. The molecule has 0 heterocycles. The van der Waals surface area contributed by atoms with E-state index in [4.69, 9.17) is 4.52 Å². The third-order valence-corrected chi connectivity index (χ3v) is 7.24. The molecule has 0 rings (SSSR count). The number of hydrogen-bond donors (Lipinski definition) is 1. The van der Waals surface area contributed by atoms with Crippen molar-refractivity contribution in [3.05, 3.63) is 0 Å². The maximum absolute atomic E-state index is 11.8. The van der Waals surface area contributed by atoms with Gasteiger partial charge in [-0.3, -0.25) is 14.4 Å². The molecule has 0 aromatic carbocycles. The van der Waals surface area contributed by atoms with Crippen LogP contribution in [0.5, 0.6) is 0 Å². The Morgan fingerprint density at radius 3 is 2.05 bits per heavy atom. The summed E-state index contributed by atoms with van der Waals surface area (Å²) in [6.45, 7) is -3.00. The van der Waals surface area contributed by atoms with E-state index in [1.54, 1.807) is 6.26 Å². The highest BCUT2D eigenvalue weighted by atomic mass is 79.9. The molecule has 120 valence electrons.